The molecule has 1 N–H and O–H groups in total. The number of nitrogens with zero attached hydrogens (tertiary/aromatic N) is 1. The molecular weight excluding hydrogens is 304 g/mol. The predicted octanol–water partition coefficient (Wildman–Crippen LogP) is 3.28. The minimum absolute atomic E-state index is 0.618. The summed E-state index contributed by atoms with van der Waals surface area (Å²) in [5.74, 6) is 0.902. The third-order valence-electron chi connectivity index (χ3n) is 3.31. The maximum Gasteiger partial charge on any atom is 0.119 e. The van der Waals surface area contributed by atoms with Crippen molar-refractivity contribution in [2.24, 2.45) is 0 Å². The van der Waals surface area contributed by atoms with Gasteiger partial charge in [0.25, 0.3) is 0 Å². The van der Waals surface area contributed by atoms with E-state index < -0.39 is 0 Å². The van der Waals surface area contributed by atoms with E-state index in [9.17, 15) is 0 Å². The summed E-state index contributed by atoms with van der Waals surface area (Å²) in [6.07, 6.45) is 1.16. The first-order chi connectivity index (χ1) is 9.04. The lowest BCUT2D eigenvalue weighted by Gasteiger charge is -2.20. The van der Waals surface area contributed by atoms with Gasteiger partial charge in [0.05, 0.1) is 7.11 Å². The Bertz CT molecular complexity index is 382. The van der Waals surface area contributed by atoms with Crippen LogP contribution in [0.25, 0.3) is 0 Å². The Labute approximate surface area is 125 Å². The van der Waals surface area contributed by atoms with Crippen molar-refractivity contribution in [1.82, 2.24) is 10.2 Å². The minimum Gasteiger partial charge on any atom is -0.497 e. The third-order valence-corrected chi connectivity index (χ3v) is 4.09. The molecule has 4 heteroatoms. The average Bonchev–Trinajstić information content (AvgIpc) is 2.39. The van der Waals surface area contributed by atoms with Crippen LogP contribution in [0.3, 0.4) is 0 Å². The van der Waals surface area contributed by atoms with Gasteiger partial charge in [-0.3, -0.25) is 0 Å². The van der Waals surface area contributed by atoms with Crippen molar-refractivity contribution in [3.05, 3.63) is 28.2 Å². The number of benzene rings is 1. The molecule has 0 spiro atoms. The molecule has 0 aromatic heterocycles. The second-order valence-electron chi connectivity index (χ2n) is 5.06. The molecule has 0 aliphatic rings. The molecule has 0 aliphatic carbocycles. The number of methoxy groups -OCH3 is 1. The normalized spacial score (nSPS) is 11.3. The fourth-order valence-corrected chi connectivity index (χ4v) is 2.14. The van der Waals surface area contributed by atoms with Gasteiger partial charge in [-0.1, -0.05) is 15.9 Å². The molecule has 19 heavy (non-hydrogen) atoms. The maximum absolute atomic E-state index is 5.24. The van der Waals surface area contributed by atoms with Gasteiger partial charge in [-0.25, -0.2) is 0 Å². The number of hydrogen-bond donors (Lipinski definition) is 1. The predicted molar refractivity (Wildman–Crippen MR) is 84.8 cm³/mol. The van der Waals surface area contributed by atoms with Gasteiger partial charge in [0, 0.05) is 17.1 Å². The highest BCUT2D eigenvalue weighted by Crippen LogP contribution is 2.22. The van der Waals surface area contributed by atoms with E-state index in [0.717, 1.165) is 36.3 Å². The highest BCUT2D eigenvalue weighted by atomic mass is 79.9. The van der Waals surface area contributed by atoms with Crippen LogP contribution < -0.4 is 10.1 Å². The van der Waals surface area contributed by atoms with Crippen molar-refractivity contribution in [3.8, 4) is 5.75 Å². The van der Waals surface area contributed by atoms with Crippen molar-refractivity contribution in [1.29, 1.82) is 0 Å². The van der Waals surface area contributed by atoms with E-state index in [1.54, 1.807) is 7.11 Å². The largest absolute Gasteiger partial charge is 0.497 e. The quantitative estimate of drug-likeness (QED) is 0.741. The van der Waals surface area contributed by atoms with E-state index in [2.05, 4.69) is 53.1 Å². The molecule has 1 aromatic carbocycles. The Morgan fingerprint density at radius 1 is 1.37 bits per heavy atom. The number of hydrogen-bond acceptors (Lipinski definition) is 3. The summed E-state index contributed by atoms with van der Waals surface area (Å²) in [5, 5.41) is 3.48. The molecule has 0 saturated heterocycles. The molecule has 1 rings (SSSR count). The second kappa shape index (κ2) is 8.56. The molecule has 0 amide bonds. The standard InChI is InChI=1S/C15H25BrN2O/c1-12(2)18(3)9-5-8-17-11-13-10-14(19-4)6-7-15(13)16/h6-7,10,12,17H,5,8-9,11H2,1-4H3. The molecule has 0 fully saturated rings. The first kappa shape index (κ1) is 16.5. The van der Waals surface area contributed by atoms with E-state index in [1.807, 2.05) is 12.1 Å². The summed E-state index contributed by atoms with van der Waals surface area (Å²) in [5.41, 5.74) is 1.23. The van der Waals surface area contributed by atoms with Crippen molar-refractivity contribution in [3.63, 3.8) is 0 Å². The third kappa shape index (κ3) is 5.93. The Kier molecular flexibility index (Phi) is 7.42. The van der Waals surface area contributed by atoms with Gasteiger partial charge >= 0.3 is 0 Å². The molecule has 0 saturated carbocycles. The smallest absolute Gasteiger partial charge is 0.119 e. The lowest BCUT2D eigenvalue weighted by atomic mass is 10.2. The van der Waals surface area contributed by atoms with Crippen LogP contribution in [0.2, 0.25) is 0 Å². The zero-order valence-corrected chi connectivity index (χ0v) is 14.0. The molecule has 0 aliphatic heterocycles. The summed E-state index contributed by atoms with van der Waals surface area (Å²) >= 11 is 3.57. The van der Waals surface area contributed by atoms with Gasteiger partial charge in [-0.2, -0.15) is 0 Å². The Balaban J connectivity index is 2.29. The second-order valence-corrected chi connectivity index (χ2v) is 5.92. The zero-order valence-electron chi connectivity index (χ0n) is 12.4. The number of rotatable bonds is 8. The highest BCUT2D eigenvalue weighted by Gasteiger charge is 2.03. The number of ether oxygens (including phenoxy) is 1. The van der Waals surface area contributed by atoms with Crippen LogP contribution in [0, 0.1) is 0 Å². The summed E-state index contributed by atoms with van der Waals surface area (Å²) in [6.45, 7) is 7.47. The van der Waals surface area contributed by atoms with E-state index in [0.29, 0.717) is 6.04 Å². The maximum atomic E-state index is 5.24. The van der Waals surface area contributed by atoms with E-state index >= 15 is 0 Å². The van der Waals surface area contributed by atoms with Crippen LogP contribution in [0.4, 0.5) is 0 Å². The van der Waals surface area contributed by atoms with E-state index in [1.165, 1.54) is 5.56 Å². The molecule has 0 bridgehead atoms. The topological polar surface area (TPSA) is 24.5 Å². The first-order valence-electron chi connectivity index (χ1n) is 6.78. The average molecular weight is 329 g/mol. The summed E-state index contributed by atoms with van der Waals surface area (Å²) in [4.78, 5) is 2.36. The molecule has 0 unspecified atom stereocenters. The summed E-state index contributed by atoms with van der Waals surface area (Å²) < 4.78 is 6.36. The van der Waals surface area contributed by atoms with Crippen molar-refractivity contribution in [2.45, 2.75) is 32.9 Å². The van der Waals surface area contributed by atoms with Crippen LogP contribution in [-0.4, -0.2) is 38.2 Å². The van der Waals surface area contributed by atoms with Gasteiger partial charge in [0.2, 0.25) is 0 Å². The molecule has 0 radical (unpaired) electrons. The molecule has 0 atom stereocenters. The van der Waals surface area contributed by atoms with E-state index in [-0.39, 0.29) is 0 Å². The molecule has 0 heterocycles. The summed E-state index contributed by atoms with van der Waals surface area (Å²) in [6, 6.07) is 6.68. The van der Waals surface area contributed by atoms with Gasteiger partial charge in [-0.05, 0) is 64.2 Å². The van der Waals surface area contributed by atoms with Crippen molar-refractivity contribution >= 4 is 15.9 Å². The lowest BCUT2D eigenvalue weighted by Crippen LogP contribution is -2.29. The minimum atomic E-state index is 0.618. The number of nitrogens with one attached hydrogen (secondary N) is 1. The molecule has 1 aromatic rings. The van der Waals surface area contributed by atoms with Crippen molar-refractivity contribution in [2.75, 3.05) is 27.2 Å². The van der Waals surface area contributed by atoms with E-state index in [4.69, 9.17) is 4.74 Å². The number of halogens is 1. The summed E-state index contributed by atoms with van der Waals surface area (Å²) in [7, 11) is 3.87. The van der Waals surface area contributed by atoms with Crippen LogP contribution in [-0.2, 0) is 6.54 Å². The Morgan fingerprint density at radius 3 is 2.74 bits per heavy atom. The first-order valence-corrected chi connectivity index (χ1v) is 7.57. The van der Waals surface area contributed by atoms with Crippen LogP contribution >= 0.6 is 15.9 Å². The Hall–Kier alpha value is -0.580. The lowest BCUT2D eigenvalue weighted by molar-refractivity contribution is 0.269. The van der Waals surface area contributed by atoms with Crippen LogP contribution in [0.5, 0.6) is 5.75 Å². The van der Waals surface area contributed by atoms with Crippen molar-refractivity contribution < 1.29 is 4.74 Å². The van der Waals surface area contributed by atoms with Gasteiger partial charge in [-0.15, -0.1) is 0 Å². The molecular formula is C15H25BrN2O. The SMILES string of the molecule is COc1ccc(Br)c(CNCCCN(C)C(C)C)c1. The fourth-order valence-electron chi connectivity index (χ4n) is 1.75. The molecule has 108 valence electrons. The van der Waals surface area contributed by atoms with Gasteiger partial charge < -0.3 is 15.0 Å². The van der Waals surface area contributed by atoms with Crippen LogP contribution in [0.1, 0.15) is 25.8 Å². The fraction of sp³-hybridized carbons (Fsp3) is 0.600. The van der Waals surface area contributed by atoms with Crippen LogP contribution in [0.15, 0.2) is 22.7 Å². The van der Waals surface area contributed by atoms with Gasteiger partial charge in [0.15, 0.2) is 0 Å². The highest BCUT2D eigenvalue weighted by molar-refractivity contribution is 9.10. The van der Waals surface area contributed by atoms with Gasteiger partial charge in [0.1, 0.15) is 5.75 Å². The monoisotopic (exact) mass is 328 g/mol. The zero-order chi connectivity index (χ0) is 14.3. The Morgan fingerprint density at radius 2 is 2.11 bits per heavy atom. The molecule has 3 nitrogen and oxygen atoms in total.